The number of nitrogens with one attached hydrogen (secondary N) is 1. The van der Waals surface area contributed by atoms with E-state index >= 15 is 0 Å². The monoisotopic (exact) mass is 212 g/mol. The average Bonchev–Trinajstić information content (AvgIpc) is 2.93. The van der Waals surface area contributed by atoms with Crippen molar-refractivity contribution in [3.8, 4) is 0 Å². The van der Waals surface area contributed by atoms with E-state index in [9.17, 15) is 9.59 Å². The Balaban J connectivity index is 1.90. The van der Waals surface area contributed by atoms with Crippen molar-refractivity contribution in [2.75, 3.05) is 26.8 Å². The smallest absolute Gasteiger partial charge is 0.324 e. The van der Waals surface area contributed by atoms with Crippen molar-refractivity contribution >= 4 is 11.9 Å². The van der Waals surface area contributed by atoms with Gasteiger partial charge in [-0.1, -0.05) is 0 Å². The summed E-state index contributed by atoms with van der Waals surface area (Å²) < 4.78 is 5.03. The van der Waals surface area contributed by atoms with Crippen LogP contribution in [0.1, 0.15) is 19.3 Å². The van der Waals surface area contributed by atoms with Crippen LogP contribution in [-0.4, -0.2) is 43.6 Å². The molecule has 2 aliphatic rings. The third-order valence-electron chi connectivity index (χ3n) is 3.22. The molecule has 0 unspecified atom stereocenters. The summed E-state index contributed by atoms with van der Waals surface area (Å²) in [4.78, 5) is 24.0. The largest absolute Gasteiger partial charge is 0.385 e. The Labute approximate surface area is 88.8 Å². The fraction of sp³-hybridized carbons (Fsp3) is 0.800. The summed E-state index contributed by atoms with van der Waals surface area (Å²) in [6.07, 6.45) is 3.11. The minimum absolute atomic E-state index is 0.108. The maximum absolute atomic E-state index is 11.4. The van der Waals surface area contributed by atoms with Crippen LogP contribution in [0.15, 0.2) is 0 Å². The fourth-order valence-corrected chi connectivity index (χ4v) is 1.93. The van der Waals surface area contributed by atoms with Crippen molar-refractivity contribution in [2.24, 2.45) is 5.41 Å². The third-order valence-corrected chi connectivity index (χ3v) is 3.22. The molecule has 0 aromatic heterocycles. The van der Waals surface area contributed by atoms with E-state index in [2.05, 4.69) is 5.32 Å². The van der Waals surface area contributed by atoms with E-state index in [4.69, 9.17) is 4.74 Å². The highest BCUT2D eigenvalue weighted by Crippen LogP contribution is 2.49. The van der Waals surface area contributed by atoms with Crippen molar-refractivity contribution < 1.29 is 14.3 Å². The van der Waals surface area contributed by atoms with Gasteiger partial charge >= 0.3 is 6.03 Å². The number of nitrogens with zero attached hydrogens (tertiary/aromatic N) is 1. The lowest BCUT2D eigenvalue weighted by Crippen LogP contribution is -2.36. The molecule has 3 amide bonds. The van der Waals surface area contributed by atoms with Crippen LogP contribution in [0.4, 0.5) is 4.79 Å². The van der Waals surface area contributed by atoms with E-state index in [1.54, 1.807) is 7.11 Å². The number of methoxy groups -OCH3 is 1. The topological polar surface area (TPSA) is 58.6 Å². The van der Waals surface area contributed by atoms with E-state index < -0.39 is 0 Å². The first-order valence-corrected chi connectivity index (χ1v) is 5.24. The van der Waals surface area contributed by atoms with Crippen LogP contribution in [0.2, 0.25) is 0 Å². The molecule has 0 spiro atoms. The molecule has 1 saturated carbocycles. The molecule has 5 nitrogen and oxygen atoms in total. The van der Waals surface area contributed by atoms with Gasteiger partial charge < -0.3 is 10.1 Å². The van der Waals surface area contributed by atoms with Crippen LogP contribution in [0.25, 0.3) is 0 Å². The predicted molar refractivity (Wildman–Crippen MR) is 53.3 cm³/mol. The number of urea groups is 1. The molecule has 0 aromatic rings. The Bertz CT molecular complexity index is 270. The van der Waals surface area contributed by atoms with Crippen LogP contribution >= 0.6 is 0 Å². The van der Waals surface area contributed by atoms with Crippen molar-refractivity contribution in [1.29, 1.82) is 0 Å². The van der Waals surface area contributed by atoms with Gasteiger partial charge in [-0.25, -0.2) is 4.79 Å². The molecule has 1 aliphatic carbocycles. The second kappa shape index (κ2) is 3.81. The SMILES string of the molecule is COCCC1(CN2C(=O)CNC2=O)CC1. The molecular formula is C10H16N2O3. The maximum Gasteiger partial charge on any atom is 0.324 e. The summed E-state index contributed by atoms with van der Waals surface area (Å²) in [5.41, 5.74) is 0.146. The lowest BCUT2D eigenvalue weighted by molar-refractivity contribution is -0.125. The second-order valence-electron chi connectivity index (χ2n) is 4.38. The molecule has 0 radical (unpaired) electrons. The van der Waals surface area contributed by atoms with Gasteiger partial charge in [0.1, 0.15) is 0 Å². The van der Waals surface area contributed by atoms with Crippen LogP contribution in [0.3, 0.4) is 0 Å². The molecule has 1 aliphatic heterocycles. The maximum atomic E-state index is 11.4. The summed E-state index contributed by atoms with van der Waals surface area (Å²) in [7, 11) is 1.67. The van der Waals surface area contributed by atoms with Crippen molar-refractivity contribution in [3.63, 3.8) is 0 Å². The molecular weight excluding hydrogens is 196 g/mol. The summed E-state index contributed by atoms with van der Waals surface area (Å²) >= 11 is 0. The van der Waals surface area contributed by atoms with E-state index in [1.807, 2.05) is 0 Å². The summed E-state index contributed by atoms with van der Waals surface area (Å²) in [5.74, 6) is -0.108. The minimum Gasteiger partial charge on any atom is -0.385 e. The lowest BCUT2D eigenvalue weighted by Gasteiger charge is -2.20. The number of rotatable bonds is 5. The zero-order valence-corrected chi connectivity index (χ0v) is 8.91. The van der Waals surface area contributed by atoms with Crippen molar-refractivity contribution in [2.45, 2.75) is 19.3 Å². The fourth-order valence-electron chi connectivity index (χ4n) is 1.93. The summed E-state index contributed by atoms with van der Waals surface area (Å²) in [5, 5.41) is 2.53. The zero-order valence-electron chi connectivity index (χ0n) is 8.91. The van der Waals surface area contributed by atoms with E-state index in [1.165, 1.54) is 4.90 Å². The minimum atomic E-state index is -0.247. The van der Waals surface area contributed by atoms with Gasteiger partial charge in [0.25, 0.3) is 0 Å². The number of ether oxygens (including phenoxy) is 1. The molecule has 1 N–H and O–H groups in total. The number of carbonyl (C=O) groups excluding carboxylic acids is 2. The van der Waals surface area contributed by atoms with Crippen molar-refractivity contribution in [1.82, 2.24) is 10.2 Å². The Morgan fingerprint density at radius 1 is 1.47 bits per heavy atom. The average molecular weight is 212 g/mol. The first-order chi connectivity index (χ1) is 7.17. The van der Waals surface area contributed by atoms with Gasteiger partial charge in [0, 0.05) is 20.3 Å². The van der Waals surface area contributed by atoms with Gasteiger partial charge in [-0.05, 0) is 24.7 Å². The van der Waals surface area contributed by atoms with Gasteiger partial charge in [-0.3, -0.25) is 9.69 Å². The van der Waals surface area contributed by atoms with Crippen molar-refractivity contribution in [3.05, 3.63) is 0 Å². The van der Waals surface area contributed by atoms with Crippen LogP contribution in [0, 0.1) is 5.41 Å². The van der Waals surface area contributed by atoms with Crippen LogP contribution in [0.5, 0.6) is 0 Å². The van der Waals surface area contributed by atoms with E-state index in [0.717, 1.165) is 19.3 Å². The predicted octanol–water partition coefficient (Wildman–Crippen LogP) is 0.355. The van der Waals surface area contributed by atoms with Gasteiger partial charge in [0.2, 0.25) is 5.91 Å². The Morgan fingerprint density at radius 3 is 2.67 bits per heavy atom. The molecule has 2 rings (SSSR count). The van der Waals surface area contributed by atoms with Crippen LogP contribution in [-0.2, 0) is 9.53 Å². The standard InChI is InChI=1S/C10H16N2O3/c1-15-5-4-10(2-3-10)7-12-8(13)6-11-9(12)14/h2-7H2,1H3,(H,11,14). The highest BCUT2D eigenvalue weighted by molar-refractivity contribution is 6.02. The molecule has 1 heterocycles. The molecule has 1 saturated heterocycles. The summed E-state index contributed by atoms with van der Waals surface area (Å²) in [6, 6.07) is -0.247. The first-order valence-electron chi connectivity index (χ1n) is 5.24. The van der Waals surface area contributed by atoms with E-state index in [0.29, 0.717) is 13.2 Å². The number of carbonyl (C=O) groups is 2. The van der Waals surface area contributed by atoms with Gasteiger partial charge in [-0.2, -0.15) is 0 Å². The molecule has 0 atom stereocenters. The van der Waals surface area contributed by atoms with Gasteiger partial charge in [-0.15, -0.1) is 0 Å². The molecule has 0 aromatic carbocycles. The first kappa shape index (κ1) is 10.4. The van der Waals surface area contributed by atoms with Crippen LogP contribution < -0.4 is 5.32 Å². The number of imide groups is 1. The van der Waals surface area contributed by atoms with Gasteiger partial charge in [0.15, 0.2) is 0 Å². The normalized spacial score (nSPS) is 23.1. The zero-order chi connectivity index (χ0) is 10.9. The highest BCUT2D eigenvalue weighted by atomic mass is 16.5. The Hall–Kier alpha value is -1.10. The molecule has 84 valence electrons. The summed E-state index contributed by atoms with van der Waals surface area (Å²) in [6.45, 7) is 1.41. The number of hydrogen-bond donors (Lipinski definition) is 1. The molecule has 0 bridgehead atoms. The van der Waals surface area contributed by atoms with Gasteiger partial charge in [0.05, 0.1) is 6.54 Å². The molecule has 2 fully saturated rings. The quantitative estimate of drug-likeness (QED) is 0.669. The Morgan fingerprint density at radius 2 is 2.20 bits per heavy atom. The number of hydrogen-bond acceptors (Lipinski definition) is 3. The third kappa shape index (κ3) is 2.12. The van der Waals surface area contributed by atoms with E-state index in [-0.39, 0.29) is 23.9 Å². The Kier molecular flexibility index (Phi) is 2.65. The molecule has 15 heavy (non-hydrogen) atoms. The lowest BCUT2D eigenvalue weighted by atomic mass is 10.0. The number of amides is 3. The molecule has 5 heteroatoms. The highest BCUT2D eigenvalue weighted by Gasteiger charge is 2.46. The second-order valence-corrected chi connectivity index (χ2v) is 4.38.